The van der Waals surface area contributed by atoms with Crippen molar-refractivity contribution in [3.63, 3.8) is 0 Å². The third-order valence-electron chi connectivity index (χ3n) is 5.26. The van der Waals surface area contributed by atoms with Crippen molar-refractivity contribution in [3.8, 4) is 17.2 Å². The summed E-state index contributed by atoms with van der Waals surface area (Å²) in [5.41, 5.74) is 0.354. The highest BCUT2D eigenvalue weighted by Gasteiger charge is 2.28. The predicted molar refractivity (Wildman–Crippen MR) is 151 cm³/mol. The Kier molecular flexibility index (Phi) is 8.69. The number of nitrogens with zero attached hydrogens (tertiary/aromatic N) is 1. The Bertz CT molecular complexity index is 1550. The molecule has 1 N–H and O–H groups in total. The minimum Gasteiger partial charge on any atom is -0.493 e. The number of sulfonamides is 1. The number of anilines is 2. The van der Waals surface area contributed by atoms with Gasteiger partial charge < -0.3 is 14.8 Å². The van der Waals surface area contributed by atoms with E-state index in [9.17, 15) is 13.2 Å². The molecule has 196 valence electrons. The van der Waals surface area contributed by atoms with E-state index in [4.69, 9.17) is 44.3 Å². The molecule has 38 heavy (non-hydrogen) atoms. The highest BCUT2D eigenvalue weighted by atomic mass is 35.5. The smallest absolute Gasteiger partial charge is 0.264 e. The largest absolute Gasteiger partial charge is 0.493 e. The quantitative estimate of drug-likeness (QED) is 0.221. The van der Waals surface area contributed by atoms with Crippen LogP contribution in [-0.2, 0) is 14.8 Å². The molecule has 0 aliphatic carbocycles. The normalized spacial score (nSPS) is 11.1. The van der Waals surface area contributed by atoms with Gasteiger partial charge in [0.1, 0.15) is 6.54 Å². The van der Waals surface area contributed by atoms with Gasteiger partial charge in [0, 0.05) is 15.1 Å². The second kappa shape index (κ2) is 12.0. The van der Waals surface area contributed by atoms with Crippen molar-refractivity contribution >= 4 is 62.1 Å². The molecule has 0 bridgehead atoms. The summed E-state index contributed by atoms with van der Waals surface area (Å²) in [6, 6.07) is 23.7. The standard InChI is InChI=1S/C27H21Cl3N2O5S/c1-36-25-9-5-6-10-26(25)37-24-12-11-18(28)16-23(24)31-27(33)17-32(21-14-19(29)13-20(30)15-21)38(34,35)22-7-3-2-4-8-22/h2-16H,17H2,1H3,(H,31,33). The van der Waals surface area contributed by atoms with Gasteiger partial charge in [-0.15, -0.1) is 0 Å². The zero-order chi connectivity index (χ0) is 27.3. The van der Waals surface area contributed by atoms with Crippen molar-refractivity contribution in [1.82, 2.24) is 0 Å². The van der Waals surface area contributed by atoms with Crippen LogP contribution in [0.1, 0.15) is 0 Å². The Morgan fingerprint density at radius 2 is 1.42 bits per heavy atom. The maximum absolute atomic E-state index is 13.6. The fourth-order valence-electron chi connectivity index (χ4n) is 3.55. The summed E-state index contributed by atoms with van der Waals surface area (Å²) in [4.78, 5) is 13.3. The van der Waals surface area contributed by atoms with Gasteiger partial charge in [-0.2, -0.15) is 0 Å². The van der Waals surface area contributed by atoms with Gasteiger partial charge in [0.25, 0.3) is 10.0 Å². The summed E-state index contributed by atoms with van der Waals surface area (Å²) in [5, 5.41) is 3.46. The van der Waals surface area contributed by atoms with Crippen LogP contribution in [-0.4, -0.2) is 28.0 Å². The molecule has 0 aliphatic rings. The summed E-state index contributed by atoms with van der Waals surface area (Å²) in [6.07, 6.45) is 0. The molecule has 7 nitrogen and oxygen atoms in total. The minimum absolute atomic E-state index is 0.00755. The lowest BCUT2D eigenvalue weighted by molar-refractivity contribution is -0.114. The average molecular weight is 592 g/mol. The van der Waals surface area contributed by atoms with E-state index in [0.29, 0.717) is 16.5 Å². The van der Waals surface area contributed by atoms with Crippen LogP contribution in [0.5, 0.6) is 17.2 Å². The van der Waals surface area contributed by atoms with Crippen molar-refractivity contribution in [2.45, 2.75) is 4.90 Å². The molecule has 0 unspecified atom stereocenters. The molecule has 0 atom stereocenters. The van der Waals surface area contributed by atoms with Crippen LogP contribution in [0.2, 0.25) is 15.1 Å². The highest BCUT2D eigenvalue weighted by Crippen LogP contribution is 2.36. The molecule has 4 aromatic rings. The zero-order valence-corrected chi connectivity index (χ0v) is 23.0. The molecule has 0 saturated heterocycles. The monoisotopic (exact) mass is 590 g/mol. The maximum atomic E-state index is 13.6. The van der Waals surface area contributed by atoms with Gasteiger partial charge in [0.2, 0.25) is 5.91 Å². The van der Waals surface area contributed by atoms with E-state index in [1.165, 1.54) is 43.5 Å². The lowest BCUT2D eigenvalue weighted by Gasteiger charge is -2.25. The zero-order valence-electron chi connectivity index (χ0n) is 19.9. The molecule has 0 aromatic heterocycles. The van der Waals surface area contributed by atoms with Crippen LogP contribution in [0.25, 0.3) is 0 Å². The second-order valence-electron chi connectivity index (χ2n) is 7.89. The second-order valence-corrected chi connectivity index (χ2v) is 11.1. The van der Waals surface area contributed by atoms with E-state index in [-0.39, 0.29) is 32.1 Å². The Hall–Kier alpha value is -3.43. The van der Waals surface area contributed by atoms with Gasteiger partial charge in [0.05, 0.1) is 23.4 Å². The fraction of sp³-hybridized carbons (Fsp3) is 0.0741. The van der Waals surface area contributed by atoms with E-state index >= 15 is 0 Å². The van der Waals surface area contributed by atoms with Crippen LogP contribution in [0.15, 0.2) is 95.9 Å². The summed E-state index contributed by atoms with van der Waals surface area (Å²) < 4.78 is 39.4. The molecule has 4 aromatic carbocycles. The lowest BCUT2D eigenvalue weighted by atomic mass is 10.2. The number of nitrogens with one attached hydrogen (secondary N) is 1. The third kappa shape index (κ3) is 6.52. The number of carbonyl (C=O) groups excluding carboxylic acids is 1. The Labute approximate surface area is 235 Å². The first kappa shape index (κ1) is 27.6. The lowest BCUT2D eigenvalue weighted by Crippen LogP contribution is -2.38. The number of ether oxygens (including phenoxy) is 2. The summed E-state index contributed by atoms with van der Waals surface area (Å²) in [7, 11) is -2.66. The molecule has 1 amide bonds. The summed E-state index contributed by atoms with van der Waals surface area (Å²) in [5.74, 6) is 0.510. The highest BCUT2D eigenvalue weighted by molar-refractivity contribution is 7.92. The Morgan fingerprint density at radius 1 is 0.789 bits per heavy atom. The number of benzene rings is 4. The number of amides is 1. The van der Waals surface area contributed by atoms with E-state index in [2.05, 4.69) is 5.32 Å². The topological polar surface area (TPSA) is 84.9 Å². The number of carbonyl (C=O) groups is 1. The van der Waals surface area contributed by atoms with Gasteiger partial charge in [-0.25, -0.2) is 8.42 Å². The molecule has 0 radical (unpaired) electrons. The predicted octanol–water partition coefficient (Wildman–Crippen LogP) is 7.28. The summed E-state index contributed by atoms with van der Waals surface area (Å²) >= 11 is 18.5. The van der Waals surface area contributed by atoms with E-state index in [1.807, 2.05) is 0 Å². The van der Waals surface area contributed by atoms with Crippen molar-refractivity contribution in [2.24, 2.45) is 0 Å². The van der Waals surface area contributed by atoms with Crippen LogP contribution < -0.4 is 19.1 Å². The average Bonchev–Trinajstić information content (AvgIpc) is 2.89. The number of hydrogen-bond acceptors (Lipinski definition) is 5. The molecule has 11 heteroatoms. The van der Waals surface area contributed by atoms with Gasteiger partial charge in [-0.05, 0) is 60.7 Å². The maximum Gasteiger partial charge on any atom is 0.264 e. The Balaban J connectivity index is 1.67. The molecule has 0 heterocycles. The van der Waals surface area contributed by atoms with Crippen molar-refractivity contribution in [1.29, 1.82) is 0 Å². The first-order valence-electron chi connectivity index (χ1n) is 11.1. The van der Waals surface area contributed by atoms with E-state index < -0.39 is 22.5 Å². The van der Waals surface area contributed by atoms with Crippen LogP contribution in [0.3, 0.4) is 0 Å². The van der Waals surface area contributed by atoms with Crippen molar-refractivity contribution in [3.05, 3.63) is 106 Å². The molecule has 0 saturated carbocycles. The number of para-hydroxylation sites is 2. The van der Waals surface area contributed by atoms with Gasteiger partial charge >= 0.3 is 0 Å². The first-order valence-corrected chi connectivity index (χ1v) is 13.7. The number of rotatable bonds is 9. The van der Waals surface area contributed by atoms with Crippen molar-refractivity contribution in [2.75, 3.05) is 23.3 Å². The summed E-state index contributed by atoms with van der Waals surface area (Å²) in [6.45, 7) is -0.589. The van der Waals surface area contributed by atoms with E-state index in [0.717, 1.165) is 4.31 Å². The molecule has 0 aliphatic heterocycles. The van der Waals surface area contributed by atoms with Crippen molar-refractivity contribution < 1.29 is 22.7 Å². The van der Waals surface area contributed by atoms with Gasteiger partial charge in [-0.3, -0.25) is 9.10 Å². The van der Waals surface area contributed by atoms with E-state index in [1.54, 1.807) is 54.6 Å². The molecule has 4 rings (SSSR count). The number of halogens is 3. The molecule has 0 spiro atoms. The number of methoxy groups -OCH3 is 1. The SMILES string of the molecule is COc1ccccc1Oc1ccc(Cl)cc1NC(=O)CN(c1cc(Cl)cc(Cl)c1)S(=O)(=O)c1ccccc1. The molecular formula is C27H21Cl3N2O5S. The molecular weight excluding hydrogens is 571 g/mol. The third-order valence-corrected chi connectivity index (χ3v) is 7.72. The molecule has 0 fully saturated rings. The van der Waals surface area contributed by atoms with Gasteiger partial charge in [0.15, 0.2) is 17.2 Å². The van der Waals surface area contributed by atoms with Crippen LogP contribution in [0, 0.1) is 0 Å². The minimum atomic E-state index is -4.17. The first-order chi connectivity index (χ1) is 18.2. The fourth-order valence-corrected chi connectivity index (χ4v) is 5.66. The van der Waals surface area contributed by atoms with Gasteiger partial charge in [-0.1, -0.05) is 65.1 Å². The Morgan fingerprint density at radius 3 is 2.08 bits per heavy atom. The van der Waals surface area contributed by atoms with Crippen LogP contribution >= 0.6 is 34.8 Å². The number of hydrogen-bond donors (Lipinski definition) is 1. The van der Waals surface area contributed by atoms with Crippen LogP contribution in [0.4, 0.5) is 11.4 Å².